The molecule has 0 atom stereocenters. The first-order valence-corrected chi connectivity index (χ1v) is 7.54. The lowest BCUT2D eigenvalue weighted by molar-refractivity contribution is 0.142. The van der Waals surface area contributed by atoms with Crippen LogP contribution in [0, 0.1) is 5.41 Å². The Labute approximate surface area is 125 Å². The summed E-state index contributed by atoms with van der Waals surface area (Å²) in [6.07, 6.45) is 6.43. The fourth-order valence-electron chi connectivity index (χ4n) is 3.27. The highest BCUT2D eigenvalue weighted by Gasteiger charge is 2.32. The number of pyridine rings is 1. The van der Waals surface area contributed by atoms with Gasteiger partial charge in [0.15, 0.2) is 0 Å². The van der Waals surface area contributed by atoms with Crippen LogP contribution >= 0.6 is 0 Å². The molecular weight excluding hydrogens is 264 g/mol. The van der Waals surface area contributed by atoms with Gasteiger partial charge in [0.05, 0.1) is 13.7 Å². The van der Waals surface area contributed by atoms with Gasteiger partial charge in [0.25, 0.3) is 0 Å². The molecule has 3 rings (SSSR count). The summed E-state index contributed by atoms with van der Waals surface area (Å²) in [6.45, 7) is 1.06. The molecule has 0 unspecified atom stereocenters. The molecule has 4 nitrogen and oxygen atoms in total. The second-order valence-corrected chi connectivity index (χ2v) is 5.93. The molecule has 2 aromatic rings. The van der Waals surface area contributed by atoms with Crippen LogP contribution in [0.3, 0.4) is 0 Å². The number of hydrogen-bond acceptors (Lipinski definition) is 4. The lowest BCUT2D eigenvalue weighted by atomic mass is 9.87. The molecule has 112 valence electrons. The van der Waals surface area contributed by atoms with E-state index in [2.05, 4.69) is 10.3 Å². The number of aliphatic hydroxyl groups excluding tert-OH is 1. The minimum atomic E-state index is 0.0362. The summed E-state index contributed by atoms with van der Waals surface area (Å²) >= 11 is 0. The molecule has 1 saturated carbocycles. The van der Waals surface area contributed by atoms with Crippen LogP contribution in [0.25, 0.3) is 10.9 Å². The summed E-state index contributed by atoms with van der Waals surface area (Å²) in [7, 11) is 1.66. The van der Waals surface area contributed by atoms with Gasteiger partial charge < -0.3 is 15.2 Å². The van der Waals surface area contributed by atoms with Crippen molar-refractivity contribution < 1.29 is 9.84 Å². The highest BCUT2D eigenvalue weighted by atomic mass is 16.5. The summed E-state index contributed by atoms with van der Waals surface area (Å²) in [5.74, 6) is 0.786. The maximum absolute atomic E-state index is 9.72. The number of nitrogens with zero attached hydrogens (tertiary/aromatic N) is 1. The number of fused-ring (bicyclic) bond motifs is 1. The fraction of sp³-hybridized carbons (Fsp3) is 0.471. The Bertz CT molecular complexity index is 621. The monoisotopic (exact) mass is 286 g/mol. The van der Waals surface area contributed by atoms with Crippen molar-refractivity contribution in [1.29, 1.82) is 0 Å². The number of benzene rings is 1. The van der Waals surface area contributed by atoms with Crippen molar-refractivity contribution >= 4 is 16.6 Å². The molecule has 2 N–H and O–H groups in total. The number of anilines is 1. The highest BCUT2D eigenvalue weighted by molar-refractivity contribution is 5.94. The van der Waals surface area contributed by atoms with E-state index >= 15 is 0 Å². The van der Waals surface area contributed by atoms with E-state index in [9.17, 15) is 5.11 Å². The molecule has 0 radical (unpaired) electrons. The molecule has 1 aliphatic carbocycles. The van der Waals surface area contributed by atoms with Crippen LogP contribution in [0.15, 0.2) is 30.5 Å². The molecule has 1 aliphatic rings. The molecule has 21 heavy (non-hydrogen) atoms. The van der Waals surface area contributed by atoms with Gasteiger partial charge in [0, 0.05) is 29.2 Å². The molecule has 1 aromatic heterocycles. The third-order valence-electron chi connectivity index (χ3n) is 4.61. The van der Waals surface area contributed by atoms with Crippen LogP contribution in [-0.2, 0) is 0 Å². The number of aromatic nitrogens is 1. The maximum atomic E-state index is 9.72. The standard InChI is InChI=1S/C17H22N2O2/c1-21-15-6-4-5-13-14(7-10-18-16(13)15)19-11-17(12-20)8-2-3-9-17/h4-7,10,20H,2-3,8-9,11-12H2,1H3,(H,18,19). The first-order valence-electron chi connectivity index (χ1n) is 7.54. The molecular formula is C17H22N2O2. The Morgan fingerprint density at radius 1 is 1.29 bits per heavy atom. The largest absolute Gasteiger partial charge is 0.494 e. The van der Waals surface area contributed by atoms with Crippen molar-refractivity contribution in [3.8, 4) is 5.75 Å². The number of aliphatic hydroxyl groups is 1. The molecule has 1 fully saturated rings. The third kappa shape index (κ3) is 2.68. The molecule has 1 aromatic carbocycles. The van der Waals surface area contributed by atoms with Crippen molar-refractivity contribution in [1.82, 2.24) is 4.98 Å². The van der Waals surface area contributed by atoms with Gasteiger partial charge in [-0.1, -0.05) is 25.0 Å². The van der Waals surface area contributed by atoms with Gasteiger partial charge in [0.1, 0.15) is 11.3 Å². The number of rotatable bonds is 5. The van der Waals surface area contributed by atoms with Crippen molar-refractivity contribution in [2.75, 3.05) is 25.6 Å². The summed E-state index contributed by atoms with van der Waals surface area (Å²) < 4.78 is 5.37. The van der Waals surface area contributed by atoms with Crippen LogP contribution in [0.1, 0.15) is 25.7 Å². The van der Waals surface area contributed by atoms with E-state index in [1.165, 1.54) is 12.8 Å². The second-order valence-electron chi connectivity index (χ2n) is 5.93. The smallest absolute Gasteiger partial charge is 0.145 e. The summed E-state index contributed by atoms with van der Waals surface area (Å²) in [4.78, 5) is 4.42. The predicted molar refractivity (Wildman–Crippen MR) is 84.8 cm³/mol. The van der Waals surface area contributed by atoms with E-state index in [0.29, 0.717) is 0 Å². The molecule has 0 bridgehead atoms. The zero-order valence-electron chi connectivity index (χ0n) is 12.4. The number of hydrogen-bond donors (Lipinski definition) is 2. The van der Waals surface area contributed by atoms with Crippen molar-refractivity contribution in [2.45, 2.75) is 25.7 Å². The summed E-state index contributed by atoms with van der Waals surface area (Å²) in [6, 6.07) is 7.94. The number of nitrogens with one attached hydrogen (secondary N) is 1. The highest BCUT2D eigenvalue weighted by Crippen LogP contribution is 2.38. The first-order chi connectivity index (χ1) is 10.3. The molecule has 0 aliphatic heterocycles. The van der Waals surface area contributed by atoms with Gasteiger partial charge in [-0.2, -0.15) is 0 Å². The predicted octanol–water partition coefficient (Wildman–Crippen LogP) is 3.21. The minimum absolute atomic E-state index is 0.0362. The van der Waals surface area contributed by atoms with Crippen LogP contribution in [0.5, 0.6) is 5.75 Å². The molecule has 1 heterocycles. The SMILES string of the molecule is COc1cccc2c(NCC3(CO)CCCC3)ccnc12. The topological polar surface area (TPSA) is 54.4 Å². The molecule has 0 amide bonds. The zero-order chi connectivity index (χ0) is 14.7. The number of para-hydroxylation sites is 1. The summed E-state index contributed by atoms with van der Waals surface area (Å²) in [5, 5.41) is 14.3. The van der Waals surface area contributed by atoms with Crippen molar-refractivity contribution in [2.24, 2.45) is 5.41 Å². The normalized spacial score (nSPS) is 17.0. The van der Waals surface area contributed by atoms with E-state index in [0.717, 1.165) is 41.7 Å². The van der Waals surface area contributed by atoms with Gasteiger partial charge in [-0.3, -0.25) is 4.98 Å². The van der Waals surface area contributed by atoms with Crippen molar-refractivity contribution in [3.63, 3.8) is 0 Å². The average Bonchev–Trinajstić information content (AvgIpc) is 3.01. The Kier molecular flexibility index (Phi) is 3.97. The Morgan fingerprint density at radius 2 is 2.10 bits per heavy atom. The molecule has 4 heteroatoms. The lowest BCUT2D eigenvalue weighted by Gasteiger charge is -2.27. The van der Waals surface area contributed by atoms with Crippen LogP contribution in [0.4, 0.5) is 5.69 Å². The van der Waals surface area contributed by atoms with Crippen LogP contribution in [-0.4, -0.2) is 30.4 Å². The van der Waals surface area contributed by atoms with Crippen molar-refractivity contribution in [3.05, 3.63) is 30.5 Å². The Morgan fingerprint density at radius 3 is 2.81 bits per heavy atom. The Hall–Kier alpha value is -1.81. The van der Waals surface area contributed by atoms with Crippen LogP contribution < -0.4 is 10.1 Å². The fourth-order valence-corrected chi connectivity index (χ4v) is 3.27. The second kappa shape index (κ2) is 5.90. The van der Waals surface area contributed by atoms with Gasteiger partial charge in [0.2, 0.25) is 0 Å². The van der Waals surface area contributed by atoms with Gasteiger partial charge in [-0.15, -0.1) is 0 Å². The summed E-state index contributed by atoms with van der Waals surface area (Å²) in [5.41, 5.74) is 1.96. The maximum Gasteiger partial charge on any atom is 0.145 e. The van der Waals surface area contributed by atoms with E-state index in [1.807, 2.05) is 24.3 Å². The minimum Gasteiger partial charge on any atom is -0.494 e. The van der Waals surface area contributed by atoms with Gasteiger partial charge in [-0.25, -0.2) is 0 Å². The van der Waals surface area contributed by atoms with Gasteiger partial charge >= 0.3 is 0 Å². The molecule has 0 spiro atoms. The van der Waals surface area contributed by atoms with E-state index < -0.39 is 0 Å². The van der Waals surface area contributed by atoms with E-state index in [4.69, 9.17) is 4.74 Å². The number of ether oxygens (including phenoxy) is 1. The Balaban J connectivity index is 1.87. The van der Waals surface area contributed by atoms with E-state index in [1.54, 1.807) is 13.3 Å². The van der Waals surface area contributed by atoms with Crippen LogP contribution in [0.2, 0.25) is 0 Å². The third-order valence-corrected chi connectivity index (χ3v) is 4.61. The number of methoxy groups -OCH3 is 1. The first kappa shape index (κ1) is 14.1. The molecule has 0 saturated heterocycles. The lowest BCUT2D eigenvalue weighted by Crippen LogP contribution is -2.30. The van der Waals surface area contributed by atoms with Gasteiger partial charge in [-0.05, 0) is 25.0 Å². The van der Waals surface area contributed by atoms with E-state index in [-0.39, 0.29) is 12.0 Å². The zero-order valence-corrected chi connectivity index (χ0v) is 12.4. The quantitative estimate of drug-likeness (QED) is 0.886. The average molecular weight is 286 g/mol.